The molecule has 23 heavy (non-hydrogen) atoms. The van der Waals surface area contributed by atoms with E-state index in [0.29, 0.717) is 17.9 Å². The summed E-state index contributed by atoms with van der Waals surface area (Å²) in [5.41, 5.74) is 1.37. The van der Waals surface area contributed by atoms with Crippen LogP contribution < -0.4 is 0 Å². The number of aryl methyl sites for hydroxylation is 1. The van der Waals surface area contributed by atoms with Gasteiger partial charge in [-0.1, -0.05) is 30.3 Å². The van der Waals surface area contributed by atoms with E-state index in [2.05, 4.69) is 40.2 Å². The van der Waals surface area contributed by atoms with E-state index in [4.69, 9.17) is 0 Å². The maximum Gasteiger partial charge on any atom is 0.201 e. The van der Waals surface area contributed by atoms with Gasteiger partial charge in [-0.25, -0.2) is 4.98 Å². The number of imidazole rings is 1. The Bertz CT molecular complexity index is 680. The van der Waals surface area contributed by atoms with E-state index in [1.54, 1.807) is 6.20 Å². The summed E-state index contributed by atoms with van der Waals surface area (Å²) in [7, 11) is 1.90. The molecule has 4 nitrogen and oxygen atoms in total. The Balaban J connectivity index is 1.47. The van der Waals surface area contributed by atoms with Gasteiger partial charge in [-0.15, -0.1) is 0 Å². The number of piperidine rings is 1. The van der Waals surface area contributed by atoms with Gasteiger partial charge in [0.15, 0.2) is 5.82 Å². The van der Waals surface area contributed by atoms with Crippen LogP contribution in [0, 0.1) is 5.92 Å². The molecule has 2 aromatic rings. The number of aromatic nitrogens is 2. The number of benzene rings is 1. The Hall–Kier alpha value is -1.94. The molecule has 4 rings (SSSR count). The molecule has 0 aliphatic carbocycles. The van der Waals surface area contributed by atoms with Crippen LogP contribution in [0.4, 0.5) is 0 Å². The van der Waals surface area contributed by atoms with E-state index in [9.17, 15) is 4.79 Å². The first-order valence-electron chi connectivity index (χ1n) is 8.53. The second-order valence-electron chi connectivity index (χ2n) is 6.94. The summed E-state index contributed by atoms with van der Waals surface area (Å²) in [4.78, 5) is 19.6. The van der Waals surface area contributed by atoms with Crippen molar-refractivity contribution in [3.05, 3.63) is 54.1 Å². The first kappa shape index (κ1) is 14.6. The van der Waals surface area contributed by atoms with Gasteiger partial charge in [-0.2, -0.15) is 0 Å². The lowest BCUT2D eigenvalue weighted by Gasteiger charge is -2.38. The largest absolute Gasteiger partial charge is 0.332 e. The van der Waals surface area contributed by atoms with Crippen LogP contribution in [-0.4, -0.2) is 32.3 Å². The van der Waals surface area contributed by atoms with E-state index in [1.807, 2.05) is 17.8 Å². The van der Waals surface area contributed by atoms with Gasteiger partial charge in [0.05, 0.1) is 0 Å². The zero-order valence-corrected chi connectivity index (χ0v) is 13.6. The number of Topliss-reactive ketones (excluding diaryl/α,β-unsaturated/α-hetero) is 1. The second-order valence-corrected chi connectivity index (χ2v) is 6.94. The van der Waals surface area contributed by atoms with Gasteiger partial charge in [-0.3, -0.25) is 9.69 Å². The average Bonchev–Trinajstić information content (AvgIpc) is 3.07. The number of fused-ring (bicyclic) bond motifs is 2. The summed E-state index contributed by atoms with van der Waals surface area (Å²) < 4.78 is 1.85. The van der Waals surface area contributed by atoms with Crippen LogP contribution in [0.15, 0.2) is 42.7 Å². The fourth-order valence-corrected chi connectivity index (χ4v) is 4.33. The SMILES string of the molecule is Cn1ccnc1C(=O)C1CC2CCC(C1)N2Cc1ccccc1. The normalized spacial score (nSPS) is 27.3. The van der Waals surface area contributed by atoms with Crippen LogP contribution >= 0.6 is 0 Å². The van der Waals surface area contributed by atoms with Crippen LogP contribution in [-0.2, 0) is 13.6 Å². The molecule has 0 amide bonds. The minimum atomic E-state index is 0.139. The van der Waals surface area contributed by atoms with E-state index in [-0.39, 0.29) is 11.7 Å². The fourth-order valence-electron chi connectivity index (χ4n) is 4.33. The predicted octanol–water partition coefficient (Wildman–Crippen LogP) is 3.05. The van der Waals surface area contributed by atoms with Gasteiger partial charge in [-0.05, 0) is 31.2 Å². The number of hydrogen-bond donors (Lipinski definition) is 0. The smallest absolute Gasteiger partial charge is 0.201 e. The van der Waals surface area contributed by atoms with Crippen molar-refractivity contribution in [2.24, 2.45) is 13.0 Å². The molecule has 4 heteroatoms. The third-order valence-electron chi connectivity index (χ3n) is 5.50. The molecule has 0 saturated carbocycles. The van der Waals surface area contributed by atoms with Crippen LogP contribution in [0.25, 0.3) is 0 Å². The van der Waals surface area contributed by atoms with Crippen LogP contribution in [0.3, 0.4) is 0 Å². The monoisotopic (exact) mass is 309 g/mol. The van der Waals surface area contributed by atoms with Crippen molar-refractivity contribution in [3.63, 3.8) is 0 Å². The summed E-state index contributed by atoms with van der Waals surface area (Å²) in [6.07, 6.45) is 7.98. The van der Waals surface area contributed by atoms with Gasteiger partial charge in [0, 0.05) is 44.0 Å². The fraction of sp³-hybridized carbons (Fsp3) is 0.474. The molecule has 3 heterocycles. The topological polar surface area (TPSA) is 38.1 Å². The number of rotatable bonds is 4. The number of hydrogen-bond acceptors (Lipinski definition) is 3. The summed E-state index contributed by atoms with van der Waals surface area (Å²) in [6.45, 7) is 1.01. The Morgan fingerprint density at radius 1 is 1.17 bits per heavy atom. The lowest BCUT2D eigenvalue weighted by Crippen LogP contribution is -2.44. The van der Waals surface area contributed by atoms with Crippen molar-refractivity contribution < 1.29 is 4.79 Å². The molecule has 0 N–H and O–H groups in total. The molecule has 120 valence electrons. The Morgan fingerprint density at radius 2 is 1.87 bits per heavy atom. The third kappa shape index (κ3) is 2.72. The standard InChI is InChI=1S/C19H23N3O/c1-21-10-9-20-19(21)18(23)15-11-16-7-8-17(12-15)22(16)13-14-5-3-2-4-6-14/h2-6,9-10,15-17H,7-8,11-13H2,1H3. The number of nitrogens with zero attached hydrogens (tertiary/aromatic N) is 3. The molecule has 2 unspecified atom stereocenters. The van der Waals surface area contributed by atoms with Crippen molar-refractivity contribution in [2.75, 3.05) is 0 Å². The molecule has 0 radical (unpaired) electrons. The first-order chi connectivity index (χ1) is 11.2. The molecule has 2 aliphatic heterocycles. The van der Waals surface area contributed by atoms with Crippen LogP contribution in [0.5, 0.6) is 0 Å². The van der Waals surface area contributed by atoms with E-state index < -0.39 is 0 Å². The highest BCUT2D eigenvalue weighted by atomic mass is 16.1. The quantitative estimate of drug-likeness (QED) is 0.815. The Morgan fingerprint density at radius 3 is 2.48 bits per heavy atom. The predicted molar refractivity (Wildman–Crippen MR) is 89.1 cm³/mol. The second kappa shape index (κ2) is 5.93. The zero-order valence-electron chi connectivity index (χ0n) is 13.6. The molecule has 1 aromatic carbocycles. The van der Waals surface area contributed by atoms with Crippen molar-refractivity contribution >= 4 is 5.78 Å². The lowest BCUT2D eigenvalue weighted by atomic mass is 9.86. The van der Waals surface area contributed by atoms with Gasteiger partial charge < -0.3 is 4.57 Å². The molecule has 1 aromatic heterocycles. The summed E-state index contributed by atoms with van der Waals surface area (Å²) in [5, 5.41) is 0. The van der Waals surface area contributed by atoms with Gasteiger partial charge in [0.25, 0.3) is 0 Å². The highest BCUT2D eigenvalue weighted by Gasteiger charge is 2.43. The number of ketones is 1. The minimum absolute atomic E-state index is 0.139. The van der Waals surface area contributed by atoms with Crippen molar-refractivity contribution in [1.29, 1.82) is 0 Å². The summed E-state index contributed by atoms with van der Waals surface area (Å²) in [6, 6.07) is 11.8. The highest BCUT2D eigenvalue weighted by molar-refractivity contribution is 5.94. The van der Waals surface area contributed by atoms with E-state index in [1.165, 1.54) is 18.4 Å². The molecule has 0 spiro atoms. The maximum atomic E-state index is 12.8. The van der Waals surface area contributed by atoms with Crippen LogP contribution in [0.2, 0.25) is 0 Å². The first-order valence-corrected chi connectivity index (χ1v) is 8.53. The number of carbonyl (C=O) groups is 1. The zero-order chi connectivity index (χ0) is 15.8. The maximum absolute atomic E-state index is 12.8. The van der Waals surface area contributed by atoms with Gasteiger partial charge in [0.2, 0.25) is 5.78 Å². The molecule has 2 saturated heterocycles. The van der Waals surface area contributed by atoms with Crippen molar-refractivity contribution in [3.8, 4) is 0 Å². The summed E-state index contributed by atoms with van der Waals surface area (Å²) in [5.74, 6) is 0.986. The third-order valence-corrected chi connectivity index (χ3v) is 5.50. The molecule has 2 bridgehead atoms. The molecular weight excluding hydrogens is 286 g/mol. The molecule has 2 aliphatic rings. The molecule has 2 atom stereocenters. The molecular formula is C19H23N3O. The van der Waals surface area contributed by atoms with Crippen molar-refractivity contribution in [2.45, 2.75) is 44.3 Å². The number of carbonyl (C=O) groups excluding carboxylic acids is 1. The molecule has 2 fully saturated rings. The Kier molecular flexibility index (Phi) is 3.77. The van der Waals surface area contributed by atoms with Crippen molar-refractivity contribution in [1.82, 2.24) is 14.5 Å². The highest BCUT2D eigenvalue weighted by Crippen LogP contribution is 2.40. The average molecular weight is 309 g/mol. The van der Waals surface area contributed by atoms with Crippen LogP contribution in [0.1, 0.15) is 41.9 Å². The van der Waals surface area contributed by atoms with Gasteiger partial charge >= 0.3 is 0 Å². The minimum Gasteiger partial charge on any atom is -0.332 e. The Labute approximate surface area is 137 Å². The van der Waals surface area contributed by atoms with Gasteiger partial charge in [0.1, 0.15) is 0 Å². The van der Waals surface area contributed by atoms with E-state index in [0.717, 1.165) is 19.4 Å². The summed E-state index contributed by atoms with van der Waals surface area (Å²) >= 11 is 0. The van der Waals surface area contributed by atoms with E-state index >= 15 is 0 Å². The lowest BCUT2D eigenvalue weighted by molar-refractivity contribution is 0.0666.